The van der Waals surface area contributed by atoms with Crippen molar-refractivity contribution in [1.29, 1.82) is 0 Å². The number of benzene rings is 1. The van der Waals surface area contributed by atoms with Gasteiger partial charge in [0.15, 0.2) is 0 Å². The summed E-state index contributed by atoms with van der Waals surface area (Å²) in [5.74, 6) is 0. The van der Waals surface area contributed by atoms with Gasteiger partial charge in [-0.05, 0) is 12.5 Å². The summed E-state index contributed by atoms with van der Waals surface area (Å²) in [6, 6.07) is 11.9. The minimum absolute atomic E-state index is 0.597. The summed E-state index contributed by atoms with van der Waals surface area (Å²) >= 11 is 0. The summed E-state index contributed by atoms with van der Waals surface area (Å²) in [6.07, 6.45) is 2.04. The lowest BCUT2D eigenvalue weighted by molar-refractivity contribution is 0.497. The quantitative estimate of drug-likeness (QED) is 0.501. The van der Waals surface area contributed by atoms with E-state index in [2.05, 4.69) is 48.7 Å². The lowest BCUT2D eigenvalue weighted by Crippen LogP contribution is -2.00. The van der Waals surface area contributed by atoms with E-state index in [1.807, 2.05) is 6.08 Å². The zero-order valence-corrected chi connectivity index (χ0v) is 7.98. The van der Waals surface area contributed by atoms with Crippen LogP contribution in [0.3, 0.4) is 0 Å². The molecule has 0 saturated carbocycles. The van der Waals surface area contributed by atoms with Crippen molar-refractivity contribution in [1.82, 2.24) is 4.90 Å². The molecule has 0 spiro atoms. The van der Waals surface area contributed by atoms with Crippen molar-refractivity contribution in [2.75, 3.05) is 0 Å². The predicted molar refractivity (Wildman–Crippen MR) is 55.4 cm³/mol. The number of hydrogen-bond acceptors (Lipinski definition) is 1. The molecule has 68 valence electrons. The van der Waals surface area contributed by atoms with E-state index in [0.717, 1.165) is 6.54 Å². The minimum atomic E-state index is 0.597. The highest BCUT2D eigenvalue weighted by atomic mass is 15.3. The standard InChI is InChI=1S/C12H15N/c1-3-12-10(2)13(12)9-11-7-5-4-6-8-11/h3-8,10,12H,1,9H2,2H3. The first-order valence-electron chi connectivity index (χ1n) is 4.75. The van der Waals surface area contributed by atoms with Crippen LogP contribution in [0.2, 0.25) is 0 Å². The maximum absolute atomic E-state index is 3.82. The van der Waals surface area contributed by atoms with Gasteiger partial charge in [-0.2, -0.15) is 0 Å². The molecule has 1 saturated heterocycles. The summed E-state index contributed by atoms with van der Waals surface area (Å²) in [5, 5.41) is 0. The van der Waals surface area contributed by atoms with Gasteiger partial charge in [0, 0.05) is 18.6 Å². The van der Waals surface area contributed by atoms with Crippen LogP contribution < -0.4 is 0 Å². The first-order chi connectivity index (χ1) is 6.33. The number of hydrogen-bond donors (Lipinski definition) is 0. The van der Waals surface area contributed by atoms with Crippen LogP contribution in [0.25, 0.3) is 0 Å². The molecule has 1 aromatic carbocycles. The number of nitrogens with zero attached hydrogens (tertiary/aromatic N) is 1. The Morgan fingerprint density at radius 2 is 2.08 bits per heavy atom. The smallest absolute Gasteiger partial charge is 0.0436 e. The Morgan fingerprint density at radius 3 is 2.62 bits per heavy atom. The summed E-state index contributed by atoms with van der Waals surface area (Å²) < 4.78 is 0. The molecule has 1 heteroatoms. The lowest BCUT2D eigenvalue weighted by atomic mass is 10.2. The van der Waals surface area contributed by atoms with Crippen LogP contribution >= 0.6 is 0 Å². The summed E-state index contributed by atoms with van der Waals surface area (Å²) in [6.45, 7) is 7.12. The Bertz CT molecular complexity index is 291. The molecule has 1 aliphatic heterocycles. The van der Waals surface area contributed by atoms with Gasteiger partial charge in [-0.15, -0.1) is 6.58 Å². The van der Waals surface area contributed by atoms with Crippen LogP contribution in [-0.4, -0.2) is 17.0 Å². The van der Waals surface area contributed by atoms with Crippen LogP contribution in [0.5, 0.6) is 0 Å². The minimum Gasteiger partial charge on any atom is -0.287 e. The maximum Gasteiger partial charge on any atom is 0.0436 e. The van der Waals surface area contributed by atoms with Gasteiger partial charge in [-0.3, -0.25) is 4.90 Å². The zero-order chi connectivity index (χ0) is 9.26. The highest BCUT2D eigenvalue weighted by Crippen LogP contribution is 2.30. The Morgan fingerprint density at radius 1 is 1.38 bits per heavy atom. The molecule has 2 rings (SSSR count). The molecule has 13 heavy (non-hydrogen) atoms. The first kappa shape index (κ1) is 8.52. The molecule has 0 N–H and O–H groups in total. The Balaban J connectivity index is 1.97. The monoisotopic (exact) mass is 173 g/mol. The van der Waals surface area contributed by atoms with Crippen molar-refractivity contribution >= 4 is 0 Å². The number of rotatable bonds is 3. The van der Waals surface area contributed by atoms with E-state index in [1.165, 1.54) is 5.56 Å². The van der Waals surface area contributed by atoms with E-state index in [1.54, 1.807) is 0 Å². The second-order valence-electron chi connectivity index (χ2n) is 3.62. The molecule has 1 aromatic rings. The summed E-state index contributed by atoms with van der Waals surface area (Å²) in [4.78, 5) is 2.43. The average Bonchev–Trinajstić information content (AvgIpc) is 2.78. The third-order valence-electron chi connectivity index (χ3n) is 2.76. The van der Waals surface area contributed by atoms with Crippen LogP contribution in [0, 0.1) is 0 Å². The molecule has 0 bridgehead atoms. The van der Waals surface area contributed by atoms with Crippen LogP contribution in [0.15, 0.2) is 43.0 Å². The van der Waals surface area contributed by atoms with Gasteiger partial charge < -0.3 is 0 Å². The molecular formula is C12H15N. The molecule has 1 aliphatic rings. The molecule has 0 radical (unpaired) electrons. The second kappa shape index (κ2) is 3.35. The van der Waals surface area contributed by atoms with Gasteiger partial charge in [0.2, 0.25) is 0 Å². The van der Waals surface area contributed by atoms with E-state index in [9.17, 15) is 0 Å². The first-order valence-corrected chi connectivity index (χ1v) is 4.75. The fraction of sp³-hybridized carbons (Fsp3) is 0.333. The van der Waals surface area contributed by atoms with Gasteiger partial charge in [0.1, 0.15) is 0 Å². The second-order valence-corrected chi connectivity index (χ2v) is 3.62. The molecule has 0 aromatic heterocycles. The average molecular weight is 173 g/mol. The molecule has 3 atom stereocenters. The zero-order valence-electron chi connectivity index (χ0n) is 7.98. The highest BCUT2D eigenvalue weighted by molar-refractivity contribution is 5.18. The summed E-state index contributed by atoms with van der Waals surface area (Å²) in [7, 11) is 0. The van der Waals surface area contributed by atoms with Gasteiger partial charge in [0.25, 0.3) is 0 Å². The predicted octanol–water partition coefficient (Wildman–Crippen LogP) is 2.45. The van der Waals surface area contributed by atoms with E-state index >= 15 is 0 Å². The third-order valence-corrected chi connectivity index (χ3v) is 2.76. The van der Waals surface area contributed by atoms with Crippen molar-refractivity contribution in [2.24, 2.45) is 0 Å². The van der Waals surface area contributed by atoms with Crippen LogP contribution in [0.1, 0.15) is 12.5 Å². The van der Waals surface area contributed by atoms with Crippen LogP contribution in [0.4, 0.5) is 0 Å². The Kier molecular flexibility index (Phi) is 2.19. The van der Waals surface area contributed by atoms with Crippen molar-refractivity contribution in [3.63, 3.8) is 0 Å². The molecule has 1 fully saturated rings. The van der Waals surface area contributed by atoms with E-state index in [-0.39, 0.29) is 0 Å². The Labute approximate surface area is 79.7 Å². The fourth-order valence-corrected chi connectivity index (χ4v) is 1.81. The molecule has 0 aliphatic carbocycles. The molecule has 0 amide bonds. The molecular weight excluding hydrogens is 158 g/mol. The SMILES string of the molecule is C=CC1C(C)N1Cc1ccccc1. The maximum atomic E-state index is 3.82. The third kappa shape index (κ3) is 1.65. The summed E-state index contributed by atoms with van der Waals surface area (Å²) in [5.41, 5.74) is 1.39. The van der Waals surface area contributed by atoms with Gasteiger partial charge in [0.05, 0.1) is 0 Å². The van der Waals surface area contributed by atoms with E-state index in [0.29, 0.717) is 12.1 Å². The van der Waals surface area contributed by atoms with Gasteiger partial charge >= 0.3 is 0 Å². The Hall–Kier alpha value is -1.08. The van der Waals surface area contributed by atoms with Crippen molar-refractivity contribution in [3.05, 3.63) is 48.6 Å². The molecule has 1 heterocycles. The molecule has 3 unspecified atom stereocenters. The van der Waals surface area contributed by atoms with Crippen molar-refractivity contribution in [3.8, 4) is 0 Å². The van der Waals surface area contributed by atoms with E-state index < -0.39 is 0 Å². The fourth-order valence-electron chi connectivity index (χ4n) is 1.81. The topological polar surface area (TPSA) is 3.01 Å². The van der Waals surface area contributed by atoms with Crippen molar-refractivity contribution in [2.45, 2.75) is 25.6 Å². The largest absolute Gasteiger partial charge is 0.287 e. The van der Waals surface area contributed by atoms with E-state index in [4.69, 9.17) is 0 Å². The molecule has 1 nitrogen and oxygen atoms in total. The van der Waals surface area contributed by atoms with Crippen molar-refractivity contribution < 1.29 is 0 Å². The van der Waals surface area contributed by atoms with Crippen LogP contribution in [-0.2, 0) is 6.54 Å². The lowest BCUT2D eigenvalue weighted by Gasteiger charge is -2.01. The normalized spacial score (nSPS) is 31.3. The van der Waals surface area contributed by atoms with Gasteiger partial charge in [-0.1, -0.05) is 36.4 Å². The van der Waals surface area contributed by atoms with Gasteiger partial charge in [-0.25, -0.2) is 0 Å². The highest BCUT2D eigenvalue weighted by Gasteiger charge is 2.40.